The van der Waals surface area contributed by atoms with Crippen molar-refractivity contribution in [3.05, 3.63) is 46.2 Å². The highest BCUT2D eigenvalue weighted by Gasteiger charge is 2.19. The van der Waals surface area contributed by atoms with Gasteiger partial charge in [-0.05, 0) is 24.3 Å². The van der Waals surface area contributed by atoms with Crippen LogP contribution in [0.1, 0.15) is 5.76 Å². The first-order valence-corrected chi connectivity index (χ1v) is 6.33. The van der Waals surface area contributed by atoms with Crippen molar-refractivity contribution in [1.82, 2.24) is 10.4 Å². The van der Waals surface area contributed by atoms with E-state index in [1.54, 1.807) is 29.3 Å². The van der Waals surface area contributed by atoms with Gasteiger partial charge in [0.1, 0.15) is 17.3 Å². The maximum Gasteiger partial charge on any atom is 0.284 e. The summed E-state index contributed by atoms with van der Waals surface area (Å²) in [5, 5.41) is 13.0. The zero-order valence-electron chi connectivity index (χ0n) is 12.1. The minimum Gasteiger partial charge on any atom is -0.497 e. The summed E-state index contributed by atoms with van der Waals surface area (Å²) in [6, 6.07) is 8.19. The van der Waals surface area contributed by atoms with Crippen molar-refractivity contribution in [2.45, 2.75) is 6.54 Å². The van der Waals surface area contributed by atoms with E-state index < -0.39 is 4.92 Å². The molecule has 0 bridgehead atoms. The molecule has 0 spiro atoms. The molecule has 1 aromatic heterocycles. The van der Waals surface area contributed by atoms with E-state index in [2.05, 4.69) is 5.43 Å². The van der Waals surface area contributed by atoms with Crippen LogP contribution in [0.5, 0.6) is 5.75 Å². The quantitative estimate of drug-likeness (QED) is 0.650. The van der Waals surface area contributed by atoms with Crippen molar-refractivity contribution in [2.75, 3.05) is 21.2 Å². The van der Waals surface area contributed by atoms with E-state index in [9.17, 15) is 10.1 Å². The molecule has 0 atom stereocenters. The fraction of sp³-hybridized carbons (Fsp3) is 0.286. The zero-order valence-corrected chi connectivity index (χ0v) is 12.1. The van der Waals surface area contributed by atoms with Crippen LogP contribution >= 0.6 is 0 Å². The number of nitrogens with one attached hydrogen (secondary N) is 1. The average molecular weight is 291 g/mol. The molecule has 0 saturated carbocycles. The Kier molecular flexibility index (Phi) is 4.56. The second-order valence-electron chi connectivity index (χ2n) is 4.64. The van der Waals surface area contributed by atoms with E-state index in [1.165, 1.54) is 13.2 Å². The van der Waals surface area contributed by atoms with Gasteiger partial charge >= 0.3 is 0 Å². The third-order valence-electron chi connectivity index (χ3n) is 2.90. The van der Waals surface area contributed by atoms with Gasteiger partial charge in [0.25, 0.3) is 5.69 Å². The number of nitrogens with zero attached hydrogens (tertiary/aromatic N) is 2. The van der Waals surface area contributed by atoms with Gasteiger partial charge in [-0.15, -0.1) is 0 Å². The summed E-state index contributed by atoms with van der Waals surface area (Å²) < 4.78 is 10.7. The number of rotatable bonds is 6. The van der Waals surface area contributed by atoms with Gasteiger partial charge in [-0.2, -0.15) is 0 Å². The molecule has 0 radical (unpaired) electrons. The van der Waals surface area contributed by atoms with Crippen LogP contribution in [0.2, 0.25) is 0 Å². The molecule has 0 amide bonds. The zero-order chi connectivity index (χ0) is 15.4. The van der Waals surface area contributed by atoms with Gasteiger partial charge in [0.15, 0.2) is 0 Å². The van der Waals surface area contributed by atoms with Gasteiger partial charge in [0, 0.05) is 14.1 Å². The highest BCUT2D eigenvalue weighted by Crippen LogP contribution is 2.34. The van der Waals surface area contributed by atoms with Crippen molar-refractivity contribution in [1.29, 1.82) is 0 Å². The van der Waals surface area contributed by atoms with Crippen LogP contribution in [0.25, 0.3) is 11.3 Å². The third kappa shape index (κ3) is 3.59. The Morgan fingerprint density at radius 2 is 2.10 bits per heavy atom. The van der Waals surface area contributed by atoms with Crippen LogP contribution in [-0.4, -0.2) is 31.1 Å². The van der Waals surface area contributed by atoms with Crippen LogP contribution < -0.4 is 10.2 Å². The van der Waals surface area contributed by atoms with Crippen molar-refractivity contribution < 1.29 is 14.1 Å². The van der Waals surface area contributed by atoms with Gasteiger partial charge < -0.3 is 9.15 Å². The second kappa shape index (κ2) is 6.38. The molecule has 21 heavy (non-hydrogen) atoms. The number of ether oxygens (including phenoxy) is 1. The number of nitro groups is 1. The summed E-state index contributed by atoms with van der Waals surface area (Å²) in [7, 11) is 5.22. The smallest absolute Gasteiger partial charge is 0.284 e. The molecule has 1 heterocycles. The molecule has 0 aliphatic heterocycles. The van der Waals surface area contributed by atoms with E-state index in [0.717, 1.165) is 0 Å². The summed E-state index contributed by atoms with van der Waals surface area (Å²) in [5.74, 6) is 1.59. The van der Waals surface area contributed by atoms with E-state index >= 15 is 0 Å². The van der Waals surface area contributed by atoms with Gasteiger partial charge in [0.05, 0.1) is 30.2 Å². The highest BCUT2D eigenvalue weighted by molar-refractivity contribution is 5.71. The number of furan rings is 1. The second-order valence-corrected chi connectivity index (χ2v) is 4.64. The number of hydrazine groups is 1. The minimum atomic E-state index is -0.446. The Hall–Kier alpha value is -2.38. The lowest BCUT2D eigenvalue weighted by molar-refractivity contribution is -0.384. The number of nitro benzene ring substituents is 1. The molecule has 7 nitrogen and oxygen atoms in total. The summed E-state index contributed by atoms with van der Waals surface area (Å²) in [6.45, 7) is 0.511. The van der Waals surface area contributed by atoms with E-state index in [-0.39, 0.29) is 5.69 Å². The molecule has 0 fully saturated rings. The Labute approximate surface area is 122 Å². The monoisotopic (exact) mass is 291 g/mol. The molecule has 2 aromatic rings. The van der Waals surface area contributed by atoms with Crippen molar-refractivity contribution in [2.24, 2.45) is 0 Å². The summed E-state index contributed by atoms with van der Waals surface area (Å²) in [6.07, 6.45) is 0. The molecule has 2 rings (SSSR count). The molecule has 112 valence electrons. The molecule has 1 N–H and O–H groups in total. The molecule has 0 aliphatic carbocycles. The van der Waals surface area contributed by atoms with Crippen molar-refractivity contribution in [3.8, 4) is 17.1 Å². The van der Waals surface area contributed by atoms with Crippen LogP contribution in [0.15, 0.2) is 34.7 Å². The Morgan fingerprint density at radius 1 is 1.33 bits per heavy atom. The molecular weight excluding hydrogens is 274 g/mol. The molecule has 0 aliphatic rings. The maximum atomic E-state index is 11.2. The standard InChI is InChI=1S/C14H17N3O4/c1-16(2)15-9-11-5-7-14(21-11)12-6-4-10(20-3)8-13(12)17(18)19/h4-8,15H,9H2,1-3H3. The summed E-state index contributed by atoms with van der Waals surface area (Å²) >= 11 is 0. The lowest BCUT2D eigenvalue weighted by Crippen LogP contribution is -2.29. The first-order chi connectivity index (χ1) is 10.0. The maximum absolute atomic E-state index is 11.2. The number of hydrogen-bond acceptors (Lipinski definition) is 6. The Morgan fingerprint density at radius 3 is 2.71 bits per heavy atom. The van der Waals surface area contributed by atoms with Crippen LogP contribution in [-0.2, 0) is 6.54 Å². The predicted molar refractivity (Wildman–Crippen MR) is 77.9 cm³/mol. The fourth-order valence-electron chi connectivity index (χ4n) is 1.85. The van der Waals surface area contributed by atoms with Crippen molar-refractivity contribution in [3.63, 3.8) is 0 Å². The highest BCUT2D eigenvalue weighted by atomic mass is 16.6. The number of benzene rings is 1. The van der Waals surface area contributed by atoms with Gasteiger partial charge in [-0.25, -0.2) is 5.43 Å². The Bertz CT molecular complexity index is 637. The lowest BCUT2D eigenvalue weighted by atomic mass is 10.1. The van der Waals surface area contributed by atoms with Gasteiger partial charge in [-0.3, -0.25) is 15.1 Å². The number of hydrogen-bond donors (Lipinski definition) is 1. The van der Waals surface area contributed by atoms with E-state index in [1.807, 2.05) is 14.1 Å². The molecule has 0 saturated heterocycles. The first kappa shape index (κ1) is 15.0. The predicted octanol–water partition coefficient (Wildman–Crippen LogP) is 2.43. The SMILES string of the molecule is COc1ccc(-c2ccc(CNN(C)C)o2)c([N+](=O)[O-])c1. The lowest BCUT2D eigenvalue weighted by Gasteiger charge is -2.09. The normalized spacial score (nSPS) is 10.9. The van der Waals surface area contributed by atoms with Gasteiger partial charge in [0.2, 0.25) is 0 Å². The largest absolute Gasteiger partial charge is 0.497 e. The topological polar surface area (TPSA) is 80.8 Å². The van der Waals surface area contributed by atoms with Crippen molar-refractivity contribution >= 4 is 5.69 Å². The molecule has 0 unspecified atom stereocenters. The number of methoxy groups -OCH3 is 1. The van der Waals surface area contributed by atoms with Crippen LogP contribution in [0.4, 0.5) is 5.69 Å². The summed E-state index contributed by atoms with van der Waals surface area (Å²) in [5.41, 5.74) is 3.45. The van der Waals surface area contributed by atoms with Crippen LogP contribution in [0.3, 0.4) is 0 Å². The molecular formula is C14H17N3O4. The molecule has 7 heteroatoms. The third-order valence-corrected chi connectivity index (χ3v) is 2.90. The Balaban J connectivity index is 2.31. The van der Waals surface area contributed by atoms with Crippen LogP contribution in [0, 0.1) is 10.1 Å². The van der Waals surface area contributed by atoms with E-state index in [0.29, 0.717) is 29.4 Å². The van der Waals surface area contributed by atoms with Gasteiger partial charge in [-0.1, -0.05) is 0 Å². The minimum absolute atomic E-state index is 0.0455. The summed E-state index contributed by atoms with van der Waals surface area (Å²) in [4.78, 5) is 10.7. The average Bonchev–Trinajstić information content (AvgIpc) is 2.93. The van der Waals surface area contributed by atoms with E-state index in [4.69, 9.17) is 9.15 Å². The first-order valence-electron chi connectivity index (χ1n) is 6.33. The molecule has 1 aromatic carbocycles. The fourth-order valence-corrected chi connectivity index (χ4v) is 1.85.